The summed E-state index contributed by atoms with van der Waals surface area (Å²) in [5.41, 5.74) is 4.59. The molecule has 0 bridgehead atoms. The Bertz CT molecular complexity index is 915. The van der Waals surface area contributed by atoms with Crippen LogP contribution >= 0.6 is 0 Å². The lowest BCUT2D eigenvalue weighted by Gasteiger charge is -2.06. The smallest absolute Gasteiger partial charge is 0.335 e. The largest absolute Gasteiger partial charge is 0.478 e. The minimum absolute atomic E-state index is 0.217. The van der Waals surface area contributed by atoms with Crippen molar-refractivity contribution in [3.8, 4) is 5.69 Å². The van der Waals surface area contributed by atoms with Gasteiger partial charge in [-0.25, -0.2) is 10.2 Å². The Morgan fingerprint density at radius 1 is 1.08 bits per heavy atom. The first-order valence-corrected chi connectivity index (χ1v) is 7.39. The van der Waals surface area contributed by atoms with Gasteiger partial charge in [0.1, 0.15) is 0 Å². The van der Waals surface area contributed by atoms with E-state index in [1.165, 1.54) is 24.5 Å². The molecule has 0 saturated heterocycles. The number of rotatable bonds is 5. The number of carboxylic acids is 1. The average Bonchev–Trinajstić information content (AvgIpc) is 3.11. The third-order valence-corrected chi connectivity index (χ3v) is 3.46. The molecule has 0 unspecified atom stereocenters. The van der Waals surface area contributed by atoms with Gasteiger partial charge in [-0.05, 0) is 48.5 Å². The molecule has 0 saturated carbocycles. The summed E-state index contributed by atoms with van der Waals surface area (Å²) in [7, 11) is 0. The minimum Gasteiger partial charge on any atom is -0.478 e. The molecule has 124 valence electrons. The maximum atomic E-state index is 11.9. The molecule has 0 fully saturated rings. The molecule has 0 aliphatic carbocycles. The Balaban J connectivity index is 1.73. The summed E-state index contributed by atoms with van der Waals surface area (Å²) in [6.07, 6.45) is 6.37. The molecule has 2 aromatic heterocycles. The third kappa shape index (κ3) is 3.78. The Hall–Kier alpha value is -3.74. The van der Waals surface area contributed by atoms with Gasteiger partial charge in [-0.2, -0.15) is 5.10 Å². The number of carbonyl (C=O) groups excluding carboxylic acids is 1. The highest BCUT2D eigenvalue weighted by Gasteiger charge is 2.06. The van der Waals surface area contributed by atoms with Crippen LogP contribution < -0.4 is 5.43 Å². The fourth-order valence-corrected chi connectivity index (χ4v) is 2.22. The van der Waals surface area contributed by atoms with Crippen molar-refractivity contribution < 1.29 is 14.7 Å². The van der Waals surface area contributed by atoms with Crippen molar-refractivity contribution in [1.29, 1.82) is 0 Å². The van der Waals surface area contributed by atoms with Crippen LogP contribution in [0, 0.1) is 0 Å². The van der Waals surface area contributed by atoms with E-state index in [2.05, 4.69) is 15.5 Å². The molecule has 0 spiro atoms. The maximum Gasteiger partial charge on any atom is 0.335 e. The molecule has 1 amide bonds. The minimum atomic E-state index is -0.973. The number of aromatic nitrogens is 2. The molecule has 1 aromatic carbocycles. The first-order valence-electron chi connectivity index (χ1n) is 7.39. The molecule has 25 heavy (non-hydrogen) atoms. The van der Waals surface area contributed by atoms with Gasteiger partial charge in [0.2, 0.25) is 0 Å². The van der Waals surface area contributed by atoms with E-state index >= 15 is 0 Å². The fourth-order valence-electron chi connectivity index (χ4n) is 2.22. The molecule has 2 heterocycles. The van der Waals surface area contributed by atoms with Crippen LogP contribution in [0.1, 0.15) is 26.4 Å². The second kappa shape index (κ2) is 7.22. The van der Waals surface area contributed by atoms with Gasteiger partial charge in [-0.3, -0.25) is 9.78 Å². The van der Waals surface area contributed by atoms with Crippen molar-refractivity contribution >= 4 is 18.1 Å². The lowest BCUT2D eigenvalue weighted by molar-refractivity contribution is 0.0696. The van der Waals surface area contributed by atoms with E-state index in [1.807, 2.05) is 22.9 Å². The number of nitrogens with one attached hydrogen (secondary N) is 1. The van der Waals surface area contributed by atoms with Gasteiger partial charge in [0, 0.05) is 24.3 Å². The van der Waals surface area contributed by atoms with Gasteiger partial charge in [0.25, 0.3) is 5.91 Å². The Kier molecular flexibility index (Phi) is 4.66. The van der Waals surface area contributed by atoms with E-state index in [1.54, 1.807) is 30.5 Å². The van der Waals surface area contributed by atoms with Crippen molar-refractivity contribution in [2.24, 2.45) is 5.10 Å². The molecule has 0 aliphatic heterocycles. The Morgan fingerprint density at radius 2 is 1.88 bits per heavy atom. The van der Waals surface area contributed by atoms with E-state index in [4.69, 9.17) is 5.11 Å². The zero-order chi connectivity index (χ0) is 17.6. The highest BCUT2D eigenvalue weighted by molar-refractivity contribution is 5.94. The number of carboxylic acid groups (broad SMARTS) is 1. The number of nitrogens with zero attached hydrogens (tertiary/aromatic N) is 3. The quantitative estimate of drug-likeness (QED) is 0.553. The number of carbonyl (C=O) groups is 2. The molecule has 2 N–H and O–H groups in total. The molecule has 3 rings (SSSR count). The molecule has 0 aliphatic rings. The molecule has 0 radical (unpaired) electrons. The summed E-state index contributed by atoms with van der Waals surface area (Å²) in [6, 6.07) is 13.4. The molecule has 0 atom stereocenters. The number of aromatic carboxylic acids is 1. The summed E-state index contributed by atoms with van der Waals surface area (Å²) >= 11 is 0. The normalized spacial score (nSPS) is 10.7. The predicted octanol–water partition coefficient (Wildman–Crippen LogP) is 2.33. The molecule has 7 nitrogen and oxygen atoms in total. The van der Waals surface area contributed by atoms with Crippen molar-refractivity contribution in [3.05, 3.63) is 83.9 Å². The highest BCUT2D eigenvalue weighted by Crippen LogP contribution is 2.13. The zero-order valence-electron chi connectivity index (χ0n) is 13.0. The van der Waals surface area contributed by atoms with E-state index in [9.17, 15) is 9.59 Å². The summed E-state index contributed by atoms with van der Waals surface area (Å²) < 4.78 is 1.82. The van der Waals surface area contributed by atoms with Crippen molar-refractivity contribution in [1.82, 2.24) is 15.0 Å². The van der Waals surface area contributed by atoms with Crippen molar-refractivity contribution in [3.63, 3.8) is 0 Å². The van der Waals surface area contributed by atoms with Gasteiger partial charge in [0.15, 0.2) is 0 Å². The van der Waals surface area contributed by atoms with Gasteiger partial charge in [0.05, 0.1) is 23.0 Å². The molecule has 7 heteroatoms. The predicted molar refractivity (Wildman–Crippen MR) is 92.0 cm³/mol. The van der Waals surface area contributed by atoms with Gasteiger partial charge in [-0.15, -0.1) is 0 Å². The van der Waals surface area contributed by atoms with Crippen LogP contribution in [0.2, 0.25) is 0 Å². The Morgan fingerprint density at radius 3 is 2.56 bits per heavy atom. The molecular formula is C18H14N4O3. The lowest BCUT2D eigenvalue weighted by atomic mass is 10.2. The summed E-state index contributed by atoms with van der Waals surface area (Å²) in [6.45, 7) is 0. The summed E-state index contributed by atoms with van der Waals surface area (Å²) in [4.78, 5) is 26.7. The SMILES string of the molecule is O=C(O)c1ccc(-n2cccc2/C=N\NC(=O)c2cccnc2)cc1. The van der Waals surface area contributed by atoms with E-state index in [-0.39, 0.29) is 11.5 Å². The topological polar surface area (TPSA) is 96.6 Å². The molecular weight excluding hydrogens is 320 g/mol. The fraction of sp³-hybridized carbons (Fsp3) is 0. The Labute approximate surface area is 143 Å². The van der Waals surface area contributed by atoms with E-state index in [0.29, 0.717) is 5.56 Å². The van der Waals surface area contributed by atoms with Crippen LogP contribution in [0.4, 0.5) is 0 Å². The highest BCUT2D eigenvalue weighted by atomic mass is 16.4. The first-order chi connectivity index (χ1) is 12.1. The number of hydrogen-bond donors (Lipinski definition) is 2. The van der Waals surface area contributed by atoms with E-state index in [0.717, 1.165) is 11.4 Å². The number of hydrazone groups is 1. The number of hydrogen-bond acceptors (Lipinski definition) is 4. The van der Waals surface area contributed by atoms with Crippen LogP contribution in [-0.4, -0.2) is 32.7 Å². The van der Waals surface area contributed by atoms with Gasteiger partial charge >= 0.3 is 5.97 Å². The number of pyridine rings is 1. The van der Waals surface area contributed by atoms with Crippen LogP contribution in [0.25, 0.3) is 5.69 Å². The third-order valence-electron chi connectivity index (χ3n) is 3.46. The second-order valence-electron chi connectivity index (χ2n) is 5.10. The van der Waals surface area contributed by atoms with Crippen molar-refractivity contribution in [2.45, 2.75) is 0 Å². The standard InChI is InChI=1S/C18H14N4O3/c23-17(14-3-1-9-19-11-14)21-20-12-16-4-2-10-22(16)15-7-5-13(6-8-15)18(24)25/h1-12H,(H,21,23)(H,24,25)/b20-12-. The van der Waals surface area contributed by atoms with Gasteiger partial charge in [-0.1, -0.05) is 0 Å². The maximum absolute atomic E-state index is 11.9. The monoisotopic (exact) mass is 334 g/mol. The van der Waals surface area contributed by atoms with Crippen LogP contribution in [-0.2, 0) is 0 Å². The second-order valence-corrected chi connectivity index (χ2v) is 5.10. The number of amides is 1. The van der Waals surface area contributed by atoms with Crippen molar-refractivity contribution in [2.75, 3.05) is 0 Å². The zero-order valence-corrected chi connectivity index (χ0v) is 13.0. The summed E-state index contributed by atoms with van der Waals surface area (Å²) in [5, 5.41) is 12.9. The van der Waals surface area contributed by atoms with Crippen LogP contribution in [0.15, 0.2) is 72.2 Å². The van der Waals surface area contributed by atoms with E-state index < -0.39 is 5.97 Å². The summed E-state index contributed by atoms with van der Waals surface area (Å²) in [5.74, 6) is -1.33. The van der Waals surface area contributed by atoms with Gasteiger partial charge < -0.3 is 9.67 Å². The first kappa shape index (κ1) is 16.1. The molecule has 3 aromatic rings. The number of benzene rings is 1. The van der Waals surface area contributed by atoms with Crippen LogP contribution in [0.3, 0.4) is 0 Å². The average molecular weight is 334 g/mol. The van der Waals surface area contributed by atoms with Crippen LogP contribution in [0.5, 0.6) is 0 Å². The lowest BCUT2D eigenvalue weighted by Crippen LogP contribution is -2.17.